The number of nitro benzene ring substituents is 1. The molecule has 0 radical (unpaired) electrons. The Labute approximate surface area is 127 Å². The first-order chi connectivity index (χ1) is 10.7. The fraction of sp³-hybridized carbons (Fsp3) is 0.231. The van der Waals surface area contributed by atoms with Crippen molar-refractivity contribution in [1.82, 2.24) is 9.78 Å². The fourth-order valence-corrected chi connectivity index (χ4v) is 1.77. The number of carbonyl (C=O) groups is 1. The molecule has 1 heterocycles. The smallest absolute Gasteiger partial charge is 0.324 e. The van der Waals surface area contributed by atoms with Gasteiger partial charge in [-0.15, -0.1) is 0 Å². The number of rotatable bonds is 4. The van der Waals surface area contributed by atoms with Crippen LogP contribution < -0.4 is 5.32 Å². The number of halogens is 3. The summed E-state index contributed by atoms with van der Waals surface area (Å²) in [6.45, 7) is 1.36. The lowest BCUT2D eigenvalue weighted by atomic mass is 10.2. The third-order valence-electron chi connectivity index (χ3n) is 3.00. The Balaban J connectivity index is 2.12. The number of hydrogen-bond acceptors (Lipinski definition) is 4. The van der Waals surface area contributed by atoms with Gasteiger partial charge in [0.05, 0.1) is 4.92 Å². The van der Waals surface area contributed by atoms with Gasteiger partial charge in [0.15, 0.2) is 5.69 Å². The maximum Gasteiger partial charge on any atom is 0.435 e. The van der Waals surface area contributed by atoms with Crippen LogP contribution in [0.2, 0.25) is 0 Å². The molecule has 1 atom stereocenters. The molecule has 1 aromatic heterocycles. The Morgan fingerprint density at radius 2 is 2.09 bits per heavy atom. The van der Waals surface area contributed by atoms with Gasteiger partial charge in [-0.2, -0.15) is 18.3 Å². The molecular weight excluding hydrogens is 317 g/mol. The lowest BCUT2D eigenvalue weighted by Crippen LogP contribution is -2.24. The van der Waals surface area contributed by atoms with Crippen LogP contribution in [0.1, 0.15) is 18.7 Å². The number of carbonyl (C=O) groups excluding carboxylic acids is 1. The zero-order valence-corrected chi connectivity index (χ0v) is 11.7. The Kier molecular flexibility index (Phi) is 4.34. The Morgan fingerprint density at radius 3 is 2.65 bits per heavy atom. The van der Waals surface area contributed by atoms with Crippen LogP contribution in [0.15, 0.2) is 36.5 Å². The maximum atomic E-state index is 12.5. The summed E-state index contributed by atoms with van der Waals surface area (Å²) in [5.74, 6) is -0.651. The minimum atomic E-state index is -4.60. The number of alkyl halides is 3. The van der Waals surface area contributed by atoms with Gasteiger partial charge < -0.3 is 5.32 Å². The van der Waals surface area contributed by atoms with Gasteiger partial charge >= 0.3 is 6.18 Å². The standard InChI is InChI=1S/C13H11F3N4O3/c1-8(19-6-5-11(18-19)13(14,15)16)12(21)17-9-3-2-4-10(7-9)20(22)23/h2-8H,1H3,(H,17,21). The summed E-state index contributed by atoms with van der Waals surface area (Å²) in [7, 11) is 0. The number of nitro groups is 1. The van der Waals surface area contributed by atoms with Crippen molar-refractivity contribution in [3.8, 4) is 0 Å². The van der Waals surface area contributed by atoms with Crippen LogP contribution in [-0.2, 0) is 11.0 Å². The van der Waals surface area contributed by atoms with Crippen LogP contribution in [0.5, 0.6) is 0 Å². The van der Waals surface area contributed by atoms with E-state index in [0.29, 0.717) is 0 Å². The zero-order valence-electron chi connectivity index (χ0n) is 11.7. The van der Waals surface area contributed by atoms with Crippen molar-refractivity contribution in [2.75, 3.05) is 5.32 Å². The van der Waals surface area contributed by atoms with Gasteiger partial charge in [-0.25, -0.2) is 0 Å². The molecule has 1 aromatic carbocycles. The number of anilines is 1. The van der Waals surface area contributed by atoms with E-state index in [2.05, 4.69) is 10.4 Å². The topological polar surface area (TPSA) is 90.1 Å². The van der Waals surface area contributed by atoms with Gasteiger partial charge in [0.25, 0.3) is 5.69 Å². The Morgan fingerprint density at radius 1 is 1.39 bits per heavy atom. The summed E-state index contributed by atoms with van der Waals surface area (Å²) in [5, 5.41) is 16.4. The van der Waals surface area contributed by atoms with Crippen LogP contribution in [0.3, 0.4) is 0 Å². The van der Waals surface area contributed by atoms with Gasteiger partial charge in [0.2, 0.25) is 5.91 Å². The molecule has 10 heteroatoms. The molecular formula is C13H11F3N4O3. The van der Waals surface area contributed by atoms with E-state index >= 15 is 0 Å². The molecule has 1 unspecified atom stereocenters. The van der Waals surface area contributed by atoms with E-state index in [4.69, 9.17) is 0 Å². The first kappa shape index (κ1) is 16.5. The molecule has 0 saturated carbocycles. The number of amides is 1. The van der Waals surface area contributed by atoms with Crippen molar-refractivity contribution in [1.29, 1.82) is 0 Å². The van der Waals surface area contributed by atoms with Crippen LogP contribution >= 0.6 is 0 Å². The summed E-state index contributed by atoms with van der Waals surface area (Å²) < 4.78 is 38.3. The van der Waals surface area contributed by atoms with Crippen LogP contribution in [-0.4, -0.2) is 20.6 Å². The predicted molar refractivity (Wildman–Crippen MR) is 73.7 cm³/mol. The van der Waals surface area contributed by atoms with Crippen molar-refractivity contribution in [2.45, 2.75) is 19.1 Å². The average Bonchev–Trinajstić information content (AvgIpc) is 2.96. The van der Waals surface area contributed by atoms with Gasteiger partial charge in [0, 0.05) is 24.0 Å². The van der Waals surface area contributed by atoms with E-state index in [1.54, 1.807) is 0 Å². The van der Waals surface area contributed by atoms with E-state index in [9.17, 15) is 28.1 Å². The number of nitrogens with one attached hydrogen (secondary N) is 1. The molecule has 1 N–H and O–H groups in total. The number of non-ortho nitro benzene ring substituents is 1. The lowest BCUT2D eigenvalue weighted by Gasteiger charge is -2.13. The SMILES string of the molecule is CC(C(=O)Nc1cccc([N+](=O)[O-])c1)n1ccc(C(F)(F)F)n1. The summed E-state index contributed by atoms with van der Waals surface area (Å²) in [4.78, 5) is 22.1. The van der Waals surface area contributed by atoms with E-state index in [-0.39, 0.29) is 11.4 Å². The van der Waals surface area contributed by atoms with E-state index in [1.807, 2.05) is 0 Å². The fourth-order valence-electron chi connectivity index (χ4n) is 1.77. The van der Waals surface area contributed by atoms with E-state index in [1.165, 1.54) is 25.1 Å². The average molecular weight is 328 g/mol. The van der Waals surface area contributed by atoms with Crippen molar-refractivity contribution >= 4 is 17.3 Å². The molecule has 7 nitrogen and oxygen atoms in total. The third kappa shape index (κ3) is 3.84. The van der Waals surface area contributed by atoms with E-state index in [0.717, 1.165) is 23.0 Å². The normalized spacial score (nSPS) is 12.7. The molecule has 0 bridgehead atoms. The molecule has 0 aliphatic heterocycles. The summed E-state index contributed by atoms with van der Waals surface area (Å²) in [5.41, 5.74) is -1.15. The lowest BCUT2D eigenvalue weighted by molar-refractivity contribution is -0.384. The second-order valence-corrected chi connectivity index (χ2v) is 4.65. The number of benzene rings is 1. The van der Waals surface area contributed by atoms with E-state index < -0.39 is 28.7 Å². The molecule has 0 aliphatic carbocycles. The summed E-state index contributed by atoms with van der Waals surface area (Å²) in [6, 6.07) is 4.95. The molecule has 2 aromatic rings. The highest BCUT2D eigenvalue weighted by Gasteiger charge is 2.34. The molecule has 122 valence electrons. The van der Waals surface area contributed by atoms with Gasteiger partial charge in [-0.05, 0) is 19.1 Å². The number of hydrogen-bond donors (Lipinski definition) is 1. The van der Waals surface area contributed by atoms with Crippen LogP contribution in [0.4, 0.5) is 24.5 Å². The predicted octanol–water partition coefficient (Wildman–Crippen LogP) is 3.01. The molecule has 0 saturated heterocycles. The summed E-state index contributed by atoms with van der Waals surface area (Å²) >= 11 is 0. The second kappa shape index (κ2) is 6.07. The molecule has 0 spiro atoms. The summed E-state index contributed by atoms with van der Waals surface area (Å²) in [6.07, 6.45) is -3.55. The zero-order chi connectivity index (χ0) is 17.2. The highest BCUT2D eigenvalue weighted by atomic mass is 19.4. The number of aromatic nitrogens is 2. The van der Waals surface area contributed by atoms with Crippen molar-refractivity contribution in [3.05, 3.63) is 52.3 Å². The highest BCUT2D eigenvalue weighted by molar-refractivity contribution is 5.93. The van der Waals surface area contributed by atoms with Gasteiger partial charge in [-0.1, -0.05) is 6.07 Å². The maximum absolute atomic E-state index is 12.5. The van der Waals surface area contributed by atoms with Crippen LogP contribution in [0.25, 0.3) is 0 Å². The monoisotopic (exact) mass is 328 g/mol. The number of nitrogens with zero attached hydrogens (tertiary/aromatic N) is 3. The molecule has 23 heavy (non-hydrogen) atoms. The largest absolute Gasteiger partial charge is 0.435 e. The molecule has 0 fully saturated rings. The van der Waals surface area contributed by atoms with Crippen molar-refractivity contribution in [2.24, 2.45) is 0 Å². The molecule has 0 aliphatic rings. The van der Waals surface area contributed by atoms with Gasteiger partial charge in [0.1, 0.15) is 6.04 Å². The first-order valence-corrected chi connectivity index (χ1v) is 6.36. The highest BCUT2D eigenvalue weighted by Crippen LogP contribution is 2.28. The van der Waals surface area contributed by atoms with Gasteiger partial charge in [-0.3, -0.25) is 19.6 Å². The second-order valence-electron chi connectivity index (χ2n) is 4.65. The van der Waals surface area contributed by atoms with Crippen molar-refractivity contribution in [3.63, 3.8) is 0 Å². The minimum Gasteiger partial charge on any atom is -0.324 e. The first-order valence-electron chi connectivity index (χ1n) is 6.36. The minimum absolute atomic E-state index is 0.166. The Bertz CT molecular complexity index is 742. The Hall–Kier alpha value is -2.91. The third-order valence-corrected chi connectivity index (χ3v) is 3.00. The molecule has 1 amide bonds. The molecule has 2 rings (SSSR count). The van der Waals surface area contributed by atoms with Crippen molar-refractivity contribution < 1.29 is 22.9 Å². The quantitative estimate of drug-likeness (QED) is 0.690. The van der Waals surface area contributed by atoms with Crippen LogP contribution in [0, 0.1) is 10.1 Å².